The summed E-state index contributed by atoms with van der Waals surface area (Å²) in [5.41, 5.74) is 5.92. The molecule has 3 rings (SSSR count). The molecule has 1 aromatic rings. The Morgan fingerprint density at radius 1 is 1.18 bits per heavy atom. The van der Waals surface area contributed by atoms with Gasteiger partial charge in [0.2, 0.25) is 17.7 Å². The van der Waals surface area contributed by atoms with Gasteiger partial charge in [0.15, 0.2) is 0 Å². The monoisotopic (exact) mass is 387 g/mol. The summed E-state index contributed by atoms with van der Waals surface area (Å²) in [4.78, 5) is 52.9. The lowest BCUT2D eigenvalue weighted by molar-refractivity contribution is -0.138. The van der Waals surface area contributed by atoms with Crippen LogP contribution in [0.1, 0.15) is 23.2 Å². The van der Waals surface area contributed by atoms with Crippen molar-refractivity contribution in [3.05, 3.63) is 35.9 Å². The average Bonchev–Trinajstić information content (AvgIpc) is 2.74. The molecule has 2 aliphatic rings. The van der Waals surface area contributed by atoms with Gasteiger partial charge in [0.25, 0.3) is 5.91 Å². The smallest absolute Gasteiger partial charge is 0.254 e. The fourth-order valence-corrected chi connectivity index (χ4v) is 3.53. The summed E-state index contributed by atoms with van der Waals surface area (Å²) in [7, 11) is 0. The molecule has 4 amide bonds. The molecule has 150 valence electrons. The number of carbonyl (C=O) groups excluding carboxylic acids is 4. The van der Waals surface area contributed by atoms with Crippen molar-refractivity contribution in [1.82, 2.24) is 20.4 Å². The van der Waals surface area contributed by atoms with Gasteiger partial charge in [-0.25, -0.2) is 0 Å². The Hall–Kier alpha value is -2.94. The van der Waals surface area contributed by atoms with Crippen molar-refractivity contribution < 1.29 is 19.2 Å². The van der Waals surface area contributed by atoms with E-state index < -0.39 is 18.0 Å². The Morgan fingerprint density at radius 2 is 1.93 bits per heavy atom. The van der Waals surface area contributed by atoms with Crippen LogP contribution in [0.4, 0.5) is 0 Å². The van der Waals surface area contributed by atoms with Crippen LogP contribution in [-0.4, -0.2) is 78.2 Å². The number of piperazine rings is 1. The zero-order valence-corrected chi connectivity index (χ0v) is 15.6. The van der Waals surface area contributed by atoms with Gasteiger partial charge in [-0.1, -0.05) is 18.2 Å². The van der Waals surface area contributed by atoms with Crippen LogP contribution in [0.2, 0.25) is 0 Å². The van der Waals surface area contributed by atoms with E-state index in [4.69, 9.17) is 5.73 Å². The molecule has 2 saturated heterocycles. The molecular formula is C19H25N5O4. The predicted octanol–water partition coefficient (Wildman–Crippen LogP) is -1.31. The summed E-state index contributed by atoms with van der Waals surface area (Å²) in [6.07, 6.45) is 1.31. The van der Waals surface area contributed by atoms with Gasteiger partial charge in [0, 0.05) is 25.2 Å². The lowest BCUT2D eigenvalue weighted by atomic mass is 10.0. The number of rotatable bonds is 4. The van der Waals surface area contributed by atoms with Crippen molar-refractivity contribution >= 4 is 23.6 Å². The Balaban J connectivity index is 1.79. The maximum absolute atomic E-state index is 13.0. The second-order valence-electron chi connectivity index (χ2n) is 6.92. The number of nitrogens with one attached hydrogen (secondary N) is 2. The van der Waals surface area contributed by atoms with Gasteiger partial charge in [-0.05, 0) is 25.0 Å². The minimum Gasteiger partial charge on any atom is -0.354 e. The predicted molar refractivity (Wildman–Crippen MR) is 101 cm³/mol. The molecule has 2 heterocycles. The topological polar surface area (TPSA) is 125 Å². The second kappa shape index (κ2) is 8.83. The van der Waals surface area contributed by atoms with Crippen LogP contribution in [0.5, 0.6) is 0 Å². The van der Waals surface area contributed by atoms with E-state index in [9.17, 15) is 19.2 Å². The fraction of sp³-hybridized carbons (Fsp3) is 0.474. The molecule has 0 radical (unpaired) electrons. The number of piperidine rings is 1. The molecule has 2 atom stereocenters. The van der Waals surface area contributed by atoms with Gasteiger partial charge in [-0.2, -0.15) is 0 Å². The third kappa shape index (κ3) is 4.30. The van der Waals surface area contributed by atoms with Crippen molar-refractivity contribution in [3.63, 3.8) is 0 Å². The van der Waals surface area contributed by atoms with E-state index in [2.05, 4.69) is 10.6 Å². The van der Waals surface area contributed by atoms with Crippen LogP contribution < -0.4 is 16.4 Å². The Labute approximate surface area is 163 Å². The van der Waals surface area contributed by atoms with Crippen molar-refractivity contribution in [2.24, 2.45) is 5.73 Å². The molecule has 0 unspecified atom stereocenters. The van der Waals surface area contributed by atoms with E-state index in [1.165, 1.54) is 9.80 Å². The van der Waals surface area contributed by atoms with E-state index in [1.807, 2.05) is 0 Å². The fourth-order valence-electron chi connectivity index (χ4n) is 3.53. The number of amides is 4. The van der Waals surface area contributed by atoms with Crippen LogP contribution in [0.25, 0.3) is 0 Å². The summed E-state index contributed by atoms with van der Waals surface area (Å²) in [5, 5.41) is 5.46. The second-order valence-corrected chi connectivity index (χ2v) is 6.92. The molecular weight excluding hydrogens is 362 g/mol. The summed E-state index contributed by atoms with van der Waals surface area (Å²) in [5.74, 6) is -1.24. The van der Waals surface area contributed by atoms with Crippen molar-refractivity contribution in [2.75, 3.05) is 32.7 Å². The number of nitrogens with zero attached hydrogens (tertiary/aromatic N) is 2. The highest BCUT2D eigenvalue weighted by atomic mass is 16.2. The standard InChI is InChI=1S/C19H25N5O4/c20-11-16(25)23-9-10-24(19(28)13-5-2-1-3-6-13)15(12-23)18(27)22-14-7-4-8-21-17(14)26/h1-3,5-6,14-15H,4,7-12,20H2,(H,21,26)(H,22,27)/t14-,15+/m1/s1. The minimum atomic E-state index is -0.883. The highest BCUT2D eigenvalue weighted by Crippen LogP contribution is 2.16. The van der Waals surface area contributed by atoms with Crippen LogP contribution in [0.3, 0.4) is 0 Å². The Kier molecular flexibility index (Phi) is 6.25. The van der Waals surface area contributed by atoms with Gasteiger partial charge >= 0.3 is 0 Å². The Bertz CT molecular complexity index is 754. The molecule has 28 heavy (non-hydrogen) atoms. The van der Waals surface area contributed by atoms with E-state index in [0.29, 0.717) is 25.1 Å². The van der Waals surface area contributed by atoms with Gasteiger partial charge < -0.3 is 26.2 Å². The third-order valence-electron chi connectivity index (χ3n) is 5.09. The zero-order valence-electron chi connectivity index (χ0n) is 15.6. The number of hydrogen-bond acceptors (Lipinski definition) is 5. The number of carbonyl (C=O) groups is 4. The number of nitrogens with two attached hydrogens (primary N) is 1. The molecule has 0 aromatic heterocycles. The molecule has 1 aromatic carbocycles. The molecule has 4 N–H and O–H groups in total. The average molecular weight is 387 g/mol. The maximum Gasteiger partial charge on any atom is 0.254 e. The van der Waals surface area contributed by atoms with Gasteiger partial charge in [-0.3, -0.25) is 19.2 Å². The molecule has 9 nitrogen and oxygen atoms in total. The normalized spacial score (nSPS) is 22.4. The van der Waals surface area contributed by atoms with E-state index in [0.717, 1.165) is 6.42 Å². The van der Waals surface area contributed by atoms with Gasteiger partial charge in [0.1, 0.15) is 12.1 Å². The SMILES string of the molecule is NCC(=O)N1CCN(C(=O)c2ccccc2)[C@H](C(=O)N[C@@H]2CCCNC2=O)C1. The zero-order chi connectivity index (χ0) is 20.1. The van der Waals surface area contributed by atoms with Gasteiger partial charge in [-0.15, -0.1) is 0 Å². The largest absolute Gasteiger partial charge is 0.354 e. The van der Waals surface area contributed by atoms with Crippen LogP contribution in [0, 0.1) is 0 Å². The lowest BCUT2D eigenvalue weighted by Gasteiger charge is -2.41. The molecule has 2 aliphatic heterocycles. The summed E-state index contributed by atoms with van der Waals surface area (Å²) >= 11 is 0. The van der Waals surface area contributed by atoms with Crippen molar-refractivity contribution in [1.29, 1.82) is 0 Å². The first-order valence-electron chi connectivity index (χ1n) is 9.43. The highest BCUT2D eigenvalue weighted by molar-refractivity contribution is 5.99. The quantitative estimate of drug-likeness (QED) is 0.592. The maximum atomic E-state index is 13.0. The highest BCUT2D eigenvalue weighted by Gasteiger charge is 2.38. The first-order valence-corrected chi connectivity index (χ1v) is 9.43. The molecule has 0 bridgehead atoms. The molecule has 0 spiro atoms. The van der Waals surface area contributed by atoms with Crippen molar-refractivity contribution in [2.45, 2.75) is 24.9 Å². The summed E-state index contributed by atoms with van der Waals surface area (Å²) in [6.45, 7) is 1.00. The summed E-state index contributed by atoms with van der Waals surface area (Å²) in [6, 6.07) is 7.17. The first kappa shape index (κ1) is 19.8. The molecule has 0 saturated carbocycles. The summed E-state index contributed by atoms with van der Waals surface area (Å²) < 4.78 is 0. The molecule has 9 heteroatoms. The number of benzene rings is 1. The third-order valence-corrected chi connectivity index (χ3v) is 5.09. The van der Waals surface area contributed by atoms with E-state index >= 15 is 0 Å². The molecule has 0 aliphatic carbocycles. The minimum absolute atomic E-state index is 0.0504. The Morgan fingerprint density at radius 3 is 2.61 bits per heavy atom. The van der Waals surface area contributed by atoms with Crippen LogP contribution in [-0.2, 0) is 14.4 Å². The lowest BCUT2D eigenvalue weighted by Crippen LogP contribution is -2.64. The number of hydrogen-bond donors (Lipinski definition) is 3. The van der Waals surface area contributed by atoms with E-state index in [-0.39, 0.29) is 37.4 Å². The first-order chi connectivity index (χ1) is 13.5. The van der Waals surface area contributed by atoms with Crippen LogP contribution in [0.15, 0.2) is 30.3 Å². The van der Waals surface area contributed by atoms with Crippen molar-refractivity contribution in [3.8, 4) is 0 Å². The van der Waals surface area contributed by atoms with Crippen LogP contribution >= 0.6 is 0 Å². The van der Waals surface area contributed by atoms with Gasteiger partial charge in [0.05, 0.1) is 13.1 Å². The molecule has 2 fully saturated rings. The van der Waals surface area contributed by atoms with E-state index in [1.54, 1.807) is 30.3 Å².